The molecule has 1 unspecified atom stereocenters. The lowest BCUT2D eigenvalue weighted by atomic mass is 9.96. The van der Waals surface area contributed by atoms with E-state index in [2.05, 4.69) is 0 Å². The summed E-state index contributed by atoms with van der Waals surface area (Å²) in [5.74, 6) is -0.219. The van der Waals surface area contributed by atoms with Crippen LogP contribution in [0.4, 0.5) is 0 Å². The number of carbonyl (C=O) groups is 1. The minimum atomic E-state index is -0.315. The van der Waals surface area contributed by atoms with E-state index in [4.69, 9.17) is 4.74 Å². The van der Waals surface area contributed by atoms with Crippen molar-refractivity contribution in [3.8, 4) is 5.75 Å². The Bertz CT molecular complexity index is 745. The number of hydrogen-bond donors (Lipinski definition) is 1. The fraction of sp³-hybridized carbons (Fsp3) is 0.211. The van der Waals surface area contributed by atoms with E-state index in [9.17, 15) is 9.90 Å². The van der Waals surface area contributed by atoms with Crippen LogP contribution in [0.5, 0.6) is 5.75 Å². The van der Waals surface area contributed by atoms with Crippen LogP contribution < -0.4 is 0 Å². The Labute approximate surface area is 129 Å². The molecule has 3 rings (SSSR count). The van der Waals surface area contributed by atoms with Gasteiger partial charge in [0.05, 0.1) is 12.2 Å². The first-order valence-electron chi connectivity index (χ1n) is 7.44. The third-order valence-corrected chi connectivity index (χ3v) is 4.05. The molecular weight excluding hydrogens is 276 g/mol. The minimum absolute atomic E-state index is 0.101. The molecule has 0 amide bonds. The van der Waals surface area contributed by atoms with Crippen molar-refractivity contribution in [1.29, 1.82) is 0 Å². The third kappa shape index (κ3) is 2.19. The molecule has 0 aromatic heterocycles. The zero-order chi connectivity index (χ0) is 15.7. The maximum Gasteiger partial charge on any atom is 0.335 e. The molecular formula is C19H18O3. The molecule has 3 heteroatoms. The minimum Gasteiger partial charge on any atom is -0.507 e. The van der Waals surface area contributed by atoms with Crippen LogP contribution in [0.1, 0.15) is 36.5 Å². The quantitative estimate of drug-likeness (QED) is 0.874. The highest BCUT2D eigenvalue weighted by molar-refractivity contribution is 6.07. The van der Waals surface area contributed by atoms with Crippen LogP contribution in [0, 0.1) is 0 Å². The van der Waals surface area contributed by atoms with Crippen molar-refractivity contribution in [1.82, 2.24) is 0 Å². The Hall–Kier alpha value is -2.55. The van der Waals surface area contributed by atoms with E-state index in [1.54, 1.807) is 19.1 Å². The van der Waals surface area contributed by atoms with E-state index < -0.39 is 0 Å². The summed E-state index contributed by atoms with van der Waals surface area (Å²) >= 11 is 0. The molecule has 1 atom stereocenters. The number of phenolic OH excluding ortho intramolecular Hbond substituents is 1. The lowest BCUT2D eigenvalue weighted by molar-refractivity contribution is -0.138. The lowest BCUT2D eigenvalue weighted by Gasteiger charge is -2.11. The van der Waals surface area contributed by atoms with Gasteiger partial charge < -0.3 is 9.84 Å². The Morgan fingerprint density at radius 3 is 2.55 bits per heavy atom. The predicted molar refractivity (Wildman–Crippen MR) is 85.6 cm³/mol. The highest BCUT2D eigenvalue weighted by Crippen LogP contribution is 2.48. The van der Waals surface area contributed by atoms with Crippen molar-refractivity contribution in [2.45, 2.75) is 19.8 Å². The molecule has 22 heavy (non-hydrogen) atoms. The number of benzene rings is 2. The predicted octanol–water partition coefficient (Wildman–Crippen LogP) is 3.87. The molecule has 3 nitrogen and oxygen atoms in total. The second-order valence-electron chi connectivity index (χ2n) is 5.34. The Kier molecular flexibility index (Phi) is 3.72. The van der Waals surface area contributed by atoms with Gasteiger partial charge in [0.15, 0.2) is 0 Å². The first-order valence-corrected chi connectivity index (χ1v) is 7.44. The number of hydrogen-bond acceptors (Lipinski definition) is 3. The summed E-state index contributed by atoms with van der Waals surface area (Å²) in [7, 11) is 0. The monoisotopic (exact) mass is 294 g/mol. The average Bonchev–Trinajstić information content (AvgIpc) is 2.83. The van der Waals surface area contributed by atoms with E-state index in [1.165, 1.54) is 0 Å². The van der Waals surface area contributed by atoms with Crippen LogP contribution in [0.25, 0.3) is 5.57 Å². The fourth-order valence-corrected chi connectivity index (χ4v) is 3.09. The van der Waals surface area contributed by atoms with Crippen molar-refractivity contribution in [3.05, 3.63) is 70.8 Å². The van der Waals surface area contributed by atoms with E-state index in [0.29, 0.717) is 12.2 Å². The molecule has 0 saturated carbocycles. The Balaban J connectivity index is 2.27. The SMILES string of the molecule is CCOC(=O)C1=C(c2ccccc2)c2c(O)cccc2C1C. The fourth-order valence-electron chi connectivity index (χ4n) is 3.09. The van der Waals surface area contributed by atoms with Crippen molar-refractivity contribution < 1.29 is 14.6 Å². The second-order valence-corrected chi connectivity index (χ2v) is 5.34. The van der Waals surface area contributed by atoms with Crippen molar-refractivity contribution in [2.75, 3.05) is 6.61 Å². The average molecular weight is 294 g/mol. The molecule has 1 N–H and O–H groups in total. The van der Waals surface area contributed by atoms with Gasteiger partial charge in [-0.25, -0.2) is 4.79 Å². The molecule has 112 valence electrons. The van der Waals surface area contributed by atoms with E-state index in [-0.39, 0.29) is 17.6 Å². The maximum absolute atomic E-state index is 12.5. The number of fused-ring (bicyclic) bond motifs is 1. The van der Waals surface area contributed by atoms with Gasteiger partial charge >= 0.3 is 5.97 Å². The number of aromatic hydroxyl groups is 1. The van der Waals surface area contributed by atoms with Crippen LogP contribution in [-0.2, 0) is 9.53 Å². The van der Waals surface area contributed by atoms with Crippen molar-refractivity contribution in [2.24, 2.45) is 0 Å². The van der Waals surface area contributed by atoms with Gasteiger partial charge in [-0.3, -0.25) is 0 Å². The maximum atomic E-state index is 12.5. The lowest BCUT2D eigenvalue weighted by Crippen LogP contribution is -2.11. The Morgan fingerprint density at radius 1 is 1.14 bits per heavy atom. The highest BCUT2D eigenvalue weighted by atomic mass is 16.5. The summed E-state index contributed by atoms with van der Waals surface area (Å²) in [6.45, 7) is 4.10. The molecule has 2 aromatic rings. The van der Waals surface area contributed by atoms with Gasteiger partial charge in [-0.2, -0.15) is 0 Å². The highest BCUT2D eigenvalue weighted by Gasteiger charge is 2.35. The molecule has 0 bridgehead atoms. The summed E-state index contributed by atoms with van der Waals surface area (Å²) in [4.78, 5) is 12.5. The second kappa shape index (κ2) is 5.68. The zero-order valence-corrected chi connectivity index (χ0v) is 12.7. The molecule has 2 aromatic carbocycles. The normalized spacial score (nSPS) is 16.5. The van der Waals surface area contributed by atoms with Gasteiger partial charge in [-0.1, -0.05) is 49.4 Å². The molecule has 0 radical (unpaired) electrons. The molecule has 0 aliphatic heterocycles. The van der Waals surface area contributed by atoms with Gasteiger partial charge in [0.1, 0.15) is 5.75 Å². The number of phenols is 1. The molecule has 0 spiro atoms. The van der Waals surface area contributed by atoms with Crippen molar-refractivity contribution in [3.63, 3.8) is 0 Å². The van der Waals surface area contributed by atoms with Crippen LogP contribution in [-0.4, -0.2) is 17.7 Å². The van der Waals surface area contributed by atoms with E-state index >= 15 is 0 Å². The summed E-state index contributed by atoms with van der Waals surface area (Å²) < 4.78 is 5.24. The van der Waals surface area contributed by atoms with E-state index in [0.717, 1.165) is 22.3 Å². The van der Waals surface area contributed by atoms with E-state index in [1.807, 2.05) is 43.3 Å². The first-order chi connectivity index (χ1) is 10.6. The molecule has 0 saturated heterocycles. The zero-order valence-electron chi connectivity index (χ0n) is 12.7. The number of ether oxygens (including phenoxy) is 1. The van der Waals surface area contributed by atoms with Crippen LogP contribution >= 0.6 is 0 Å². The number of rotatable bonds is 3. The summed E-state index contributed by atoms with van der Waals surface area (Å²) in [5.41, 5.74) is 4.01. The molecule has 1 aliphatic carbocycles. The Morgan fingerprint density at radius 2 is 1.86 bits per heavy atom. The number of carbonyl (C=O) groups excluding carboxylic acids is 1. The van der Waals surface area contributed by atoms with Crippen LogP contribution in [0.2, 0.25) is 0 Å². The summed E-state index contributed by atoms with van der Waals surface area (Å²) in [6, 6.07) is 15.1. The van der Waals surface area contributed by atoms with Crippen LogP contribution in [0.3, 0.4) is 0 Å². The van der Waals surface area contributed by atoms with Crippen LogP contribution in [0.15, 0.2) is 54.1 Å². The standard InChI is InChI=1S/C19H18O3/c1-3-22-19(21)16-12(2)14-10-7-11-15(20)18(14)17(16)13-8-5-4-6-9-13/h4-12,20H,3H2,1-2H3. The summed E-state index contributed by atoms with van der Waals surface area (Å²) in [5, 5.41) is 10.3. The largest absolute Gasteiger partial charge is 0.507 e. The molecule has 1 aliphatic rings. The van der Waals surface area contributed by atoms with Gasteiger partial charge in [-0.05, 0) is 24.1 Å². The van der Waals surface area contributed by atoms with Gasteiger partial charge in [0.2, 0.25) is 0 Å². The molecule has 0 fully saturated rings. The van der Waals surface area contributed by atoms with Gasteiger partial charge in [-0.15, -0.1) is 0 Å². The van der Waals surface area contributed by atoms with Crippen molar-refractivity contribution >= 4 is 11.5 Å². The number of esters is 1. The summed E-state index contributed by atoms with van der Waals surface area (Å²) in [6.07, 6.45) is 0. The first kappa shape index (κ1) is 14.4. The molecule has 0 heterocycles. The smallest absolute Gasteiger partial charge is 0.335 e. The van der Waals surface area contributed by atoms with Gasteiger partial charge in [0, 0.05) is 17.1 Å². The topological polar surface area (TPSA) is 46.5 Å². The third-order valence-electron chi connectivity index (χ3n) is 4.05. The van der Waals surface area contributed by atoms with Gasteiger partial charge in [0.25, 0.3) is 0 Å².